The van der Waals surface area contributed by atoms with Crippen molar-refractivity contribution in [3.8, 4) is 0 Å². The molecule has 1 unspecified atom stereocenters. The summed E-state index contributed by atoms with van der Waals surface area (Å²) in [5.74, 6) is 0. The van der Waals surface area contributed by atoms with E-state index in [9.17, 15) is 0 Å². The van der Waals surface area contributed by atoms with Crippen LogP contribution in [-0.4, -0.2) is 4.86 Å². The summed E-state index contributed by atoms with van der Waals surface area (Å²) in [6, 6.07) is 10.3. The number of hydrogen-bond donors (Lipinski definition) is 1. The quantitative estimate of drug-likeness (QED) is 0.749. The first-order valence-electron chi connectivity index (χ1n) is 5.04. The van der Waals surface area contributed by atoms with Crippen LogP contribution in [0.4, 0.5) is 0 Å². The summed E-state index contributed by atoms with van der Waals surface area (Å²) in [5, 5.41) is 3.23. The second kappa shape index (κ2) is 3.96. The zero-order valence-electron chi connectivity index (χ0n) is 8.48. The van der Waals surface area contributed by atoms with Crippen molar-refractivity contribution >= 4 is 25.2 Å². The van der Waals surface area contributed by atoms with Gasteiger partial charge in [-0.1, -0.05) is 40.0 Å². The largest absolute Gasteiger partial charge is 0.361 e. The lowest BCUT2D eigenvalue weighted by atomic mass is 10.1. The van der Waals surface area contributed by atoms with Gasteiger partial charge in [-0.05, 0) is 34.5 Å². The second-order valence-corrected chi connectivity index (χ2v) is 5.90. The Morgan fingerprint density at radius 3 is 2.69 bits per heavy atom. The van der Waals surface area contributed by atoms with E-state index < -0.39 is 0 Å². The predicted octanol–water partition coefficient (Wildman–Crippen LogP) is 3.53. The lowest BCUT2D eigenvalue weighted by Gasteiger charge is -2.09. The SMILES string of the molecule is ClS1=C(c2ccccc2)C=C2NC=CC=C21. The van der Waals surface area contributed by atoms with Crippen molar-refractivity contribution in [3.63, 3.8) is 0 Å². The molecule has 0 bridgehead atoms. The summed E-state index contributed by atoms with van der Waals surface area (Å²) in [6.45, 7) is 0. The van der Waals surface area contributed by atoms with Gasteiger partial charge >= 0.3 is 0 Å². The standard InChI is InChI=1S/C13H10ClNS/c14-16-12-7-4-8-15-11(12)9-13(16)10-5-2-1-3-6-10/h1-9,15H. The molecule has 16 heavy (non-hydrogen) atoms. The molecule has 0 amide bonds. The van der Waals surface area contributed by atoms with E-state index in [1.54, 1.807) is 0 Å². The molecule has 1 aromatic carbocycles. The van der Waals surface area contributed by atoms with Crippen molar-refractivity contribution < 1.29 is 0 Å². The fourth-order valence-electron chi connectivity index (χ4n) is 1.79. The van der Waals surface area contributed by atoms with E-state index >= 15 is 0 Å². The maximum atomic E-state index is 6.48. The highest BCUT2D eigenvalue weighted by Crippen LogP contribution is 2.43. The molecule has 0 aliphatic carbocycles. The van der Waals surface area contributed by atoms with Crippen molar-refractivity contribution in [1.29, 1.82) is 0 Å². The van der Waals surface area contributed by atoms with Crippen LogP contribution in [0.5, 0.6) is 0 Å². The lowest BCUT2D eigenvalue weighted by Crippen LogP contribution is -2.06. The highest BCUT2D eigenvalue weighted by Gasteiger charge is 2.20. The summed E-state index contributed by atoms with van der Waals surface area (Å²) in [4.78, 5) is 2.38. The molecule has 3 heteroatoms. The van der Waals surface area contributed by atoms with Crippen LogP contribution in [-0.2, 0) is 0 Å². The van der Waals surface area contributed by atoms with E-state index in [4.69, 9.17) is 10.7 Å². The zero-order valence-corrected chi connectivity index (χ0v) is 10.1. The molecule has 2 aliphatic heterocycles. The normalized spacial score (nSPS) is 22.3. The molecule has 0 aromatic heterocycles. The molecule has 0 spiro atoms. The van der Waals surface area contributed by atoms with Gasteiger partial charge < -0.3 is 5.32 Å². The molecule has 2 heterocycles. The van der Waals surface area contributed by atoms with E-state index in [2.05, 4.69) is 29.6 Å². The van der Waals surface area contributed by atoms with Gasteiger partial charge in [0.25, 0.3) is 0 Å². The van der Waals surface area contributed by atoms with E-state index in [1.165, 1.54) is 15.3 Å². The van der Waals surface area contributed by atoms with Crippen LogP contribution in [0, 0.1) is 0 Å². The molecule has 0 radical (unpaired) electrons. The highest BCUT2D eigenvalue weighted by molar-refractivity contribution is 8.38. The summed E-state index contributed by atoms with van der Waals surface area (Å²) in [7, 11) is 6.15. The molecule has 3 rings (SSSR count). The topological polar surface area (TPSA) is 12.0 Å². The fraction of sp³-hybridized carbons (Fsp3) is 0. The van der Waals surface area contributed by atoms with Crippen LogP contribution in [0.1, 0.15) is 5.56 Å². The summed E-state index contributed by atoms with van der Waals surface area (Å²) < 4.78 is 0. The van der Waals surface area contributed by atoms with Crippen molar-refractivity contribution in [2.24, 2.45) is 0 Å². The molecular weight excluding hydrogens is 238 g/mol. The third-order valence-electron chi connectivity index (χ3n) is 2.57. The predicted molar refractivity (Wildman–Crippen MR) is 72.4 cm³/mol. The molecule has 2 aliphatic rings. The van der Waals surface area contributed by atoms with Crippen LogP contribution >= 0.6 is 20.4 Å². The molecule has 80 valence electrons. The Kier molecular flexibility index (Phi) is 2.46. The number of halogens is 1. The molecule has 0 fully saturated rings. The van der Waals surface area contributed by atoms with Gasteiger partial charge in [0.15, 0.2) is 0 Å². The van der Waals surface area contributed by atoms with Crippen molar-refractivity contribution in [2.45, 2.75) is 0 Å². The van der Waals surface area contributed by atoms with Crippen molar-refractivity contribution in [1.82, 2.24) is 5.32 Å². The van der Waals surface area contributed by atoms with Gasteiger partial charge in [0.2, 0.25) is 0 Å². The highest BCUT2D eigenvalue weighted by atomic mass is 35.7. The van der Waals surface area contributed by atoms with E-state index in [1.807, 2.05) is 30.5 Å². The summed E-state index contributed by atoms with van der Waals surface area (Å²) in [5.41, 5.74) is 2.32. The average Bonchev–Trinajstić information content (AvgIpc) is 2.69. The molecule has 0 saturated carbocycles. The number of rotatable bonds is 1. The number of benzene rings is 1. The minimum absolute atomic E-state index is 0.334. The smallest absolute Gasteiger partial charge is 0.0536 e. The van der Waals surface area contributed by atoms with Crippen LogP contribution in [0.3, 0.4) is 0 Å². The Hall–Kier alpha value is -1.25. The molecule has 1 aromatic rings. The molecule has 1 atom stereocenters. The first-order valence-corrected chi connectivity index (χ1v) is 7.10. The summed E-state index contributed by atoms with van der Waals surface area (Å²) in [6.07, 6.45) is 8.13. The van der Waals surface area contributed by atoms with Gasteiger partial charge in [-0.25, -0.2) is 0 Å². The van der Waals surface area contributed by atoms with E-state index in [-0.39, 0.29) is 9.70 Å². The van der Waals surface area contributed by atoms with Gasteiger partial charge in [0, 0.05) is 16.0 Å². The monoisotopic (exact) mass is 247 g/mol. The first kappa shape index (κ1) is 9.94. The van der Waals surface area contributed by atoms with Gasteiger partial charge in [-0.3, -0.25) is 0 Å². The Morgan fingerprint density at radius 1 is 1.12 bits per heavy atom. The summed E-state index contributed by atoms with van der Waals surface area (Å²) >= 11 is 0. The number of hydrogen-bond acceptors (Lipinski definition) is 1. The zero-order chi connectivity index (χ0) is 11.0. The fourth-order valence-corrected chi connectivity index (χ4v) is 3.91. The van der Waals surface area contributed by atoms with E-state index in [0.29, 0.717) is 0 Å². The third-order valence-corrected chi connectivity index (χ3v) is 5.05. The van der Waals surface area contributed by atoms with E-state index in [0.717, 1.165) is 5.70 Å². The van der Waals surface area contributed by atoms with Crippen molar-refractivity contribution in [2.75, 3.05) is 0 Å². The van der Waals surface area contributed by atoms with Crippen molar-refractivity contribution in [3.05, 3.63) is 70.9 Å². The van der Waals surface area contributed by atoms with Crippen LogP contribution in [0.15, 0.2) is 65.4 Å². The van der Waals surface area contributed by atoms with Gasteiger partial charge in [0.05, 0.1) is 5.70 Å². The molecular formula is C13H10ClNS. The Balaban J connectivity index is 2.11. The molecule has 1 N–H and O–H groups in total. The van der Waals surface area contributed by atoms with Crippen LogP contribution in [0.25, 0.3) is 0 Å². The number of nitrogens with one attached hydrogen (secondary N) is 1. The second-order valence-electron chi connectivity index (χ2n) is 3.58. The maximum absolute atomic E-state index is 6.48. The minimum Gasteiger partial charge on any atom is -0.361 e. The first-order chi connectivity index (χ1) is 7.86. The van der Waals surface area contributed by atoms with Gasteiger partial charge in [-0.2, -0.15) is 0 Å². The number of dihydropyridines is 1. The molecule has 1 nitrogen and oxygen atoms in total. The average molecular weight is 248 g/mol. The Bertz CT molecular complexity index is 553. The number of fused-ring (bicyclic) bond motifs is 1. The molecule has 0 saturated heterocycles. The van der Waals surface area contributed by atoms with Crippen LogP contribution < -0.4 is 5.32 Å². The lowest BCUT2D eigenvalue weighted by molar-refractivity contribution is 1.09. The van der Waals surface area contributed by atoms with Gasteiger partial charge in [-0.15, -0.1) is 0 Å². The maximum Gasteiger partial charge on any atom is 0.0536 e. The van der Waals surface area contributed by atoms with Gasteiger partial charge in [0.1, 0.15) is 0 Å². The third kappa shape index (κ3) is 1.55. The van der Waals surface area contributed by atoms with Crippen LogP contribution in [0.2, 0.25) is 0 Å². The Labute approximate surface area is 102 Å². The minimum atomic E-state index is -0.334. The number of allylic oxidation sites excluding steroid dienone is 3. The Morgan fingerprint density at radius 2 is 1.94 bits per heavy atom.